The maximum absolute atomic E-state index is 12.8. The fourth-order valence-corrected chi connectivity index (χ4v) is 3.83. The molecule has 1 aromatic heterocycles. The maximum Gasteiger partial charge on any atom is 0.253 e. The average molecular weight is 472 g/mol. The van der Waals surface area contributed by atoms with Crippen LogP contribution in [0, 0.1) is 11.3 Å². The normalized spacial score (nSPS) is 13.9. The van der Waals surface area contributed by atoms with Gasteiger partial charge in [-0.3, -0.25) is 9.69 Å². The van der Waals surface area contributed by atoms with Crippen LogP contribution < -0.4 is 0 Å². The summed E-state index contributed by atoms with van der Waals surface area (Å²) in [7, 11) is 0. The van der Waals surface area contributed by atoms with Gasteiger partial charge >= 0.3 is 0 Å². The summed E-state index contributed by atoms with van der Waals surface area (Å²) in [6.07, 6.45) is 4.74. The second kappa shape index (κ2) is 12.3. The van der Waals surface area contributed by atoms with E-state index in [1.165, 1.54) is 0 Å². The van der Waals surface area contributed by atoms with Crippen LogP contribution in [0.15, 0.2) is 67.1 Å². The van der Waals surface area contributed by atoms with E-state index >= 15 is 0 Å². The van der Waals surface area contributed by atoms with Crippen molar-refractivity contribution in [2.75, 3.05) is 26.2 Å². The Hall–Kier alpha value is -2.85. The van der Waals surface area contributed by atoms with Gasteiger partial charge in [0.15, 0.2) is 0 Å². The van der Waals surface area contributed by atoms with E-state index in [4.69, 9.17) is 5.26 Å². The first-order chi connectivity index (χ1) is 14.7. The number of benzene rings is 2. The molecule has 0 N–H and O–H groups in total. The van der Waals surface area contributed by atoms with Crippen LogP contribution in [0.4, 0.5) is 0 Å². The number of nitrogens with zero attached hydrogens (tertiary/aromatic N) is 5. The minimum atomic E-state index is 0. The van der Waals surface area contributed by atoms with Gasteiger partial charge in [0.1, 0.15) is 0 Å². The molecule has 4 rings (SSSR count). The number of halogens is 2. The topological polar surface area (TPSA) is 65.2 Å². The van der Waals surface area contributed by atoms with Crippen molar-refractivity contribution in [2.45, 2.75) is 19.5 Å². The highest BCUT2D eigenvalue weighted by Gasteiger charge is 2.21. The highest BCUT2D eigenvalue weighted by atomic mass is 35.5. The molecule has 3 aromatic rings. The molecule has 0 atom stereocenters. The molecule has 8 heteroatoms. The van der Waals surface area contributed by atoms with Crippen molar-refractivity contribution < 1.29 is 4.79 Å². The summed E-state index contributed by atoms with van der Waals surface area (Å²) in [5, 5.41) is 8.96. The smallest absolute Gasteiger partial charge is 0.253 e. The Morgan fingerprint density at radius 2 is 1.69 bits per heavy atom. The van der Waals surface area contributed by atoms with Crippen molar-refractivity contribution in [1.82, 2.24) is 19.4 Å². The van der Waals surface area contributed by atoms with Gasteiger partial charge in [-0.2, -0.15) is 5.26 Å². The Bertz CT molecular complexity index is 1030. The molecule has 1 fully saturated rings. The fourth-order valence-electron chi connectivity index (χ4n) is 3.83. The van der Waals surface area contributed by atoms with Crippen molar-refractivity contribution in [2.24, 2.45) is 0 Å². The van der Waals surface area contributed by atoms with Gasteiger partial charge in [0.2, 0.25) is 0 Å². The highest BCUT2D eigenvalue weighted by Crippen LogP contribution is 2.14. The van der Waals surface area contributed by atoms with Gasteiger partial charge in [0.25, 0.3) is 5.91 Å². The zero-order valence-corrected chi connectivity index (χ0v) is 19.4. The molecule has 2 aromatic carbocycles. The third kappa shape index (κ3) is 6.33. The first-order valence-corrected chi connectivity index (χ1v) is 10.3. The monoisotopic (exact) mass is 471 g/mol. The van der Waals surface area contributed by atoms with Gasteiger partial charge in [-0.25, -0.2) is 4.98 Å². The van der Waals surface area contributed by atoms with Crippen LogP contribution in [0.2, 0.25) is 0 Å². The number of hydrogen-bond donors (Lipinski definition) is 0. The standard InChI is InChI=1S/C24H25N5O.2ClH/c25-15-20-7-9-21(10-8-20)17-29-19-26-16-23(29)18-27-11-4-12-28(14-13-27)24(30)22-5-2-1-3-6-22;;/h1-3,5-10,16,19H,4,11-14,17-18H2;2*1H. The Kier molecular flexibility index (Phi) is 9.73. The third-order valence-electron chi connectivity index (χ3n) is 5.52. The number of nitriles is 1. The quantitative estimate of drug-likeness (QED) is 0.563. The van der Waals surface area contributed by atoms with Crippen molar-refractivity contribution in [3.05, 3.63) is 89.5 Å². The summed E-state index contributed by atoms with van der Waals surface area (Å²) < 4.78 is 2.15. The Morgan fingerprint density at radius 1 is 0.938 bits per heavy atom. The average Bonchev–Trinajstić information content (AvgIpc) is 3.08. The number of amides is 1. The minimum Gasteiger partial charge on any atom is -0.337 e. The number of carbonyl (C=O) groups excluding carboxylic acids is 1. The lowest BCUT2D eigenvalue weighted by Crippen LogP contribution is -2.35. The third-order valence-corrected chi connectivity index (χ3v) is 5.52. The van der Waals surface area contributed by atoms with E-state index in [2.05, 4.69) is 20.5 Å². The molecule has 32 heavy (non-hydrogen) atoms. The largest absolute Gasteiger partial charge is 0.337 e. The second-order valence-electron chi connectivity index (χ2n) is 7.61. The highest BCUT2D eigenvalue weighted by molar-refractivity contribution is 5.94. The van der Waals surface area contributed by atoms with Crippen molar-refractivity contribution in [1.29, 1.82) is 5.26 Å². The molecule has 1 saturated heterocycles. The van der Waals surface area contributed by atoms with E-state index in [0.29, 0.717) is 5.56 Å². The molecule has 1 aliphatic heterocycles. The summed E-state index contributed by atoms with van der Waals surface area (Å²) in [6, 6.07) is 19.3. The van der Waals surface area contributed by atoms with Gasteiger partial charge in [-0.05, 0) is 36.2 Å². The summed E-state index contributed by atoms with van der Waals surface area (Å²) in [5.74, 6) is 0.114. The van der Waals surface area contributed by atoms with E-state index in [1.807, 2.05) is 72.0 Å². The van der Waals surface area contributed by atoms with Crippen molar-refractivity contribution in [3.8, 4) is 6.07 Å². The van der Waals surface area contributed by atoms with E-state index in [-0.39, 0.29) is 30.7 Å². The Morgan fingerprint density at radius 3 is 2.41 bits per heavy atom. The molecule has 0 radical (unpaired) electrons. The molecule has 2 heterocycles. The number of imidazole rings is 1. The zero-order chi connectivity index (χ0) is 20.8. The molecule has 0 unspecified atom stereocenters. The summed E-state index contributed by atoms with van der Waals surface area (Å²) in [5.41, 5.74) is 3.72. The van der Waals surface area contributed by atoms with Crippen LogP contribution in [0.3, 0.4) is 0 Å². The molecule has 0 saturated carbocycles. The summed E-state index contributed by atoms with van der Waals surface area (Å²) in [6.45, 7) is 4.87. The summed E-state index contributed by atoms with van der Waals surface area (Å²) >= 11 is 0. The molecule has 168 valence electrons. The number of carbonyl (C=O) groups is 1. The molecule has 1 aliphatic rings. The maximum atomic E-state index is 12.8. The second-order valence-corrected chi connectivity index (χ2v) is 7.61. The van der Waals surface area contributed by atoms with Gasteiger partial charge in [0, 0.05) is 51.0 Å². The van der Waals surface area contributed by atoms with Gasteiger partial charge in [0.05, 0.1) is 23.7 Å². The first kappa shape index (κ1) is 25.4. The van der Waals surface area contributed by atoms with Crippen LogP contribution in [-0.2, 0) is 13.1 Å². The Labute approximate surface area is 201 Å². The molecule has 6 nitrogen and oxygen atoms in total. The zero-order valence-electron chi connectivity index (χ0n) is 17.8. The first-order valence-electron chi connectivity index (χ1n) is 10.3. The molecule has 1 amide bonds. The van der Waals surface area contributed by atoms with Crippen molar-refractivity contribution >= 4 is 30.7 Å². The molecular formula is C24H27Cl2N5O. The van der Waals surface area contributed by atoms with E-state index in [0.717, 1.165) is 62.5 Å². The minimum absolute atomic E-state index is 0. The van der Waals surface area contributed by atoms with Crippen LogP contribution in [0.5, 0.6) is 0 Å². The fraction of sp³-hybridized carbons (Fsp3) is 0.292. The Balaban J connectivity index is 0.00000181. The van der Waals surface area contributed by atoms with Crippen LogP contribution in [0.1, 0.15) is 33.6 Å². The van der Waals surface area contributed by atoms with E-state index in [1.54, 1.807) is 0 Å². The number of rotatable bonds is 5. The van der Waals surface area contributed by atoms with Crippen molar-refractivity contribution in [3.63, 3.8) is 0 Å². The lowest BCUT2D eigenvalue weighted by molar-refractivity contribution is 0.0761. The number of hydrogen-bond acceptors (Lipinski definition) is 4. The van der Waals surface area contributed by atoms with Crippen LogP contribution in [-0.4, -0.2) is 51.4 Å². The lowest BCUT2D eigenvalue weighted by atomic mass is 10.1. The SMILES string of the molecule is Cl.Cl.N#Cc1ccc(Cn2cncc2CN2CCCN(C(=O)c3ccccc3)CC2)cc1. The predicted octanol–water partition coefficient (Wildman–Crippen LogP) is 3.99. The molecule has 0 spiro atoms. The molecule has 0 aliphatic carbocycles. The van der Waals surface area contributed by atoms with E-state index in [9.17, 15) is 4.79 Å². The van der Waals surface area contributed by atoms with Gasteiger partial charge < -0.3 is 9.47 Å². The summed E-state index contributed by atoms with van der Waals surface area (Å²) in [4.78, 5) is 21.5. The van der Waals surface area contributed by atoms with E-state index < -0.39 is 0 Å². The molecule has 0 bridgehead atoms. The molecular weight excluding hydrogens is 445 g/mol. The number of aromatic nitrogens is 2. The van der Waals surface area contributed by atoms with Gasteiger partial charge in [-0.1, -0.05) is 30.3 Å². The van der Waals surface area contributed by atoms with Crippen LogP contribution in [0.25, 0.3) is 0 Å². The predicted molar refractivity (Wildman–Crippen MR) is 129 cm³/mol. The van der Waals surface area contributed by atoms with Gasteiger partial charge in [-0.15, -0.1) is 24.8 Å². The van der Waals surface area contributed by atoms with Crippen LogP contribution >= 0.6 is 24.8 Å². The lowest BCUT2D eigenvalue weighted by Gasteiger charge is -2.22.